The predicted octanol–water partition coefficient (Wildman–Crippen LogP) is 1.56. The second kappa shape index (κ2) is 5.04. The first-order valence-corrected chi connectivity index (χ1v) is 8.43. The number of rotatable bonds is 3. The number of aliphatic hydroxyl groups excluding tert-OH is 1. The van der Waals surface area contributed by atoms with Crippen LogP contribution in [0.25, 0.3) is 0 Å². The van der Waals surface area contributed by atoms with Gasteiger partial charge in [-0.25, -0.2) is 13.4 Å². The van der Waals surface area contributed by atoms with Crippen LogP contribution in [0.15, 0.2) is 6.20 Å². The third-order valence-corrected chi connectivity index (χ3v) is 6.03. The van der Waals surface area contributed by atoms with E-state index in [1.165, 1.54) is 11.3 Å². The molecular weight excluding hydrogens is 258 g/mol. The minimum absolute atomic E-state index is 0.312. The summed E-state index contributed by atoms with van der Waals surface area (Å²) in [6, 6.07) is 0. The smallest absolute Gasteiger partial charge is 0.150 e. The Bertz CT molecular complexity index is 465. The van der Waals surface area contributed by atoms with Crippen LogP contribution in [0.5, 0.6) is 0 Å². The molecule has 0 amide bonds. The van der Waals surface area contributed by atoms with E-state index in [1.54, 1.807) is 13.1 Å². The fraction of sp³-hybridized carbons (Fsp3) is 0.727. The van der Waals surface area contributed by atoms with Gasteiger partial charge in [0.1, 0.15) is 9.84 Å². The van der Waals surface area contributed by atoms with Gasteiger partial charge in [0.25, 0.3) is 0 Å². The zero-order chi connectivity index (χ0) is 12.5. The summed E-state index contributed by atoms with van der Waals surface area (Å²) >= 11 is 1.52. The lowest BCUT2D eigenvalue weighted by molar-refractivity contribution is 0.203. The quantitative estimate of drug-likeness (QED) is 0.909. The van der Waals surface area contributed by atoms with Gasteiger partial charge in [-0.1, -0.05) is 0 Å². The van der Waals surface area contributed by atoms with Gasteiger partial charge in [-0.3, -0.25) is 0 Å². The maximum atomic E-state index is 11.3. The highest BCUT2D eigenvalue weighted by Gasteiger charge is 2.24. The first-order chi connectivity index (χ1) is 7.96. The minimum Gasteiger partial charge on any atom is -0.388 e. The molecular formula is C11H17NO3S2. The molecule has 0 saturated carbocycles. The number of nitrogens with zero attached hydrogens (tertiary/aromatic N) is 1. The standard InChI is InChI=1S/C11H17NO3S2/c1-8(13)10-7-12-11(16-10)6-9-2-4-17(14,15)5-3-9/h7-9,13H,2-6H2,1H3. The van der Waals surface area contributed by atoms with Crippen LogP contribution in [-0.2, 0) is 16.3 Å². The summed E-state index contributed by atoms with van der Waals surface area (Å²) in [5.41, 5.74) is 0. The molecule has 1 unspecified atom stereocenters. The molecule has 1 fully saturated rings. The predicted molar refractivity (Wildman–Crippen MR) is 67.8 cm³/mol. The Kier molecular flexibility index (Phi) is 3.85. The molecule has 0 aliphatic carbocycles. The number of sulfone groups is 1. The Hall–Kier alpha value is -0.460. The van der Waals surface area contributed by atoms with Crippen molar-refractivity contribution in [2.75, 3.05) is 11.5 Å². The van der Waals surface area contributed by atoms with Crippen molar-refractivity contribution in [3.8, 4) is 0 Å². The summed E-state index contributed by atoms with van der Waals surface area (Å²) in [7, 11) is -2.77. The van der Waals surface area contributed by atoms with Gasteiger partial charge < -0.3 is 5.11 Å². The van der Waals surface area contributed by atoms with E-state index in [-0.39, 0.29) is 0 Å². The lowest BCUT2D eigenvalue weighted by Gasteiger charge is -2.20. The van der Waals surface area contributed by atoms with Gasteiger partial charge in [0.15, 0.2) is 0 Å². The van der Waals surface area contributed by atoms with Crippen molar-refractivity contribution in [3.63, 3.8) is 0 Å². The first kappa shape index (κ1) is 13.0. The van der Waals surface area contributed by atoms with E-state index in [0.29, 0.717) is 17.4 Å². The zero-order valence-corrected chi connectivity index (χ0v) is 11.4. The van der Waals surface area contributed by atoms with Crippen molar-refractivity contribution in [2.45, 2.75) is 32.3 Å². The van der Waals surface area contributed by atoms with E-state index in [0.717, 1.165) is 29.1 Å². The van der Waals surface area contributed by atoms with Gasteiger partial charge in [-0.05, 0) is 25.7 Å². The van der Waals surface area contributed by atoms with Crippen LogP contribution < -0.4 is 0 Å². The molecule has 1 aromatic rings. The van der Waals surface area contributed by atoms with Crippen molar-refractivity contribution < 1.29 is 13.5 Å². The fourth-order valence-corrected chi connectivity index (χ4v) is 4.56. The number of hydrogen-bond acceptors (Lipinski definition) is 5. The Labute approximate surface area is 106 Å². The molecule has 0 bridgehead atoms. The summed E-state index contributed by atoms with van der Waals surface area (Å²) in [6.45, 7) is 1.73. The lowest BCUT2D eigenvalue weighted by atomic mass is 9.99. The number of thiazole rings is 1. The van der Waals surface area contributed by atoms with Gasteiger partial charge in [-0.15, -0.1) is 11.3 Å². The van der Waals surface area contributed by atoms with Crippen molar-refractivity contribution in [2.24, 2.45) is 5.92 Å². The maximum Gasteiger partial charge on any atom is 0.150 e. The second-order valence-electron chi connectivity index (χ2n) is 4.63. The SMILES string of the molecule is CC(O)c1cnc(CC2CCS(=O)(=O)CC2)s1. The van der Waals surface area contributed by atoms with Crippen LogP contribution in [0, 0.1) is 5.92 Å². The van der Waals surface area contributed by atoms with Crippen molar-refractivity contribution >= 4 is 21.2 Å². The van der Waals surface area contributed by atoms with E-state index < -0.39 is 15.9 Å². The third kappa shape index (κ3) is 3.50. The topological polar surface area (TPSA) is 67.3 Å². The van der Waals surface area contributed by atoms with Crippen LogP contribution >= 0.6 is 11.3 Å². The molecule has 96 valence electrons. The summed E-state index contributed by atoms with van der Waals surface area (Å²) in [5.74, 6) is 1.05. The van der Waals surface area contributed by atoms with Crippen LogP contribution in [-0.4, -0.2) is 30.0 Å². The summed E-state index contributed by atoms with van der Waals surface area (Å²) < 4.78 is 22.6. The molecule has 1 aliphatic rings. The van der Waals surface area contributed by atoms with Crippen LogP contribution in [0.2, 0.25) is 0 Å². The highest BCUT2D eigenvalue weighted by molar-refractivity contribution is 7.91. The summed E-state index contributed by atoms with van der Waals surface area (Å²) in [4.78, 5) is 5.16. The van der Waals surface area contributed by atoms with Gasteiger partial charge in [0.2, 0.25) is 0 Å². The van der Waals surface area contributed by atoms with Crippen LogP contribution in [0.1, 0.15) is 35.8 Å². The molecule has 0 radical (unpaired) electrons. The maximum absolute atomic E-state index is 11.3. The average Bonchev–Trinajstić information content (AvgIpc) is 2.70. The highest BCUT2D eigenvalue weighted by Crippen LogP contribution is 2.27. The lowest BCUT2D eigenvalue weighted by Crippen LogP contribution is -2.24. The van der Waals surface area contributed by atoms with Gasteiger partial charge in [0.05, 0.1) is 27.5 Å². The number of aromatic nitrogens is 1. The molecule has 1 saturated heterocycles. The molecule has 2 heterocycles. The fourth-order valence-electron chi connectivity index (χ4n) is 2.00. The monoisotopic (exact) mass is 275 g/mol. The molecule has 1 N–H and O–H groups in total. The molecule has 0 spiro atoms. The highest BCUT2D eigenvalue weighted by atomic mass is 32.2. The molecule has 6 heteroatoms. The third-order valence-electron chi connectivity index (χ3n) is 3.12. The normalized spacial score (nSPS) is 22.5. The number of hydrogen-bond donors (Lipinski definition) is 1. The summed E-state index contributed by atoms with van der Waals surface area (Å²) in [5, 5.41) is 10.4. The zero-order valence-electron chi connectivity index (χ0n) is 9.80. The van der Waals surface area contributed by atoms with E-state index in [1.807, 2.05) is 0 Å². The van der Waals surface area contributed by atoms with Crippen molar-refractivity contribution in [1.82, 2.24) is 4.98 Å². The van der Waals surface area contributed by atoms with E-state index in [9.17, 15) is 13.5 Å². The molecule has 4 nitrogen and oxygen atoms in total. The Morgan fingerprint density at radius 2 is 2.18 bits per heavy atom. The molecule has 1 atom stereocenters. The Balaban J connectivity index is 1.93. The largest absolute Gasteiger partial charge is 0.388 e. The molecule has 0 aromatic carbocycles. The van der Waals surface area contributed by atoms with Gasteiger partial charge in [-0.2, -0.15) is 0 Å². The molecule has 1 aliphatic heterocycles. The van der Waals surface area contributed by atoms with Gasteiger partial charge in [0, 0.05) is 12.6 Å². The van der Waals surface area contributed by atoms with Crippen LogP contribution in [0.3, 0.4) is 0 Å². The molecule has 2 rings (SSSR count). The first-order valence-electron chi connectivity index (χ1n) is 5.79. The van der Waals surface area contributed by atoms with E-state index in [4.69, 9.17) is 0 Å². The average molecular weight is 275 g/mol. The molecule has 1 aromatic heterocycles. The van der Waals surface area contributed by atoms with E-state index >= 15 is 0 Å². The number of aliphatic hydroxyl groups is 1. The minimum atomic E-state index is -2.77. The van der Waals surface area contributed by atoms with Crippen molar-refractivity contribution in [1.29, 1.82) is 0 Å². The van der Waals surface area contributed by atoms with Gasteiger partial charge >= 0.3 is 0 Å². The molecule has 17 heavy (non-hydrogen) atoms. The second-order valence-corrected chi connectivity index (χ2v) is 8.08. The van der Waals surface area contributed by atoms with E-state index in [2.05, 4.69) is 4.98 Å². The Morgan fingerprint density at radius 1 is 1.53 bits per heavy atom. The Morgan fingerprint density at radius 3 is 2.71 bits per heavy atom. The summed E-state index contributed by atoms with van der Waals surface area (Å²) in [6.07, 6.45) is 3.57. The van der Waals surface area contributed by atoms with Crippen molar-refractivity contribution in [3.05, 3.63) is 16.1 Å². The van der Waals surface area contributed by atoms with Crippen LogP contribution in [0.4, 0.5) is 0 Å².